The van der Waals surface area contributed by atoms with Gasteiger partial charge in [-0.15, -0.1) is 0 Å². The fourth-order valence-electron chi connectivity index (χ4n) is 1.99. The third-order valence-corrected chi connectivity index (χ3v) is 3.89. The van der Waals surface area contributed by atoms with Gasteiger partial charge in [-0.05, 0) is 72.5 Å². The molecule has 0 spiro atoms. The summed E-state index contributed by atoms with van der Waals surface area (Å²) in [7, 11) is 4.03. The topological polar surface area (TPSA) is 41.1 Å². The van der Waals surface area contributed by atoms with E-state index in [1.807, 2.05) is 27.9 Å². The number of nitrogens with one attached hydrogen (secondary N) is 2. The third-order valence-electron chi connectivity index (χ3n) is 3.89. The zero-order valence-electron chi connectivity index (χ0n) is 18.6. The van der Waals surface area contributed by atoms with Crippen LogP contribution in [0.15, 0.2) is 18.2 Å². The molecule has 0 bridgehead atoms. The van der Waals surface area contributed by atoms with Crippen LogP contribution in [0.2, 0.25) is 0 Å². The average Bonchev–Trinajstić information content (AvgIpc) is 2.68. The van der Waals surface area contributed by atoms with Crippen molar-refractivity contribution in [3.05, 3.63) is 35.1 Å². The van der Waals surface area contributed by atoms with E-state index in [-0.39, 0.29) is 13.4 Å². The van der Waals surface area contributed by atoms with Gasteiger partial charge >= 0.3 is 0 Å². The normalized spacial score (nSPS) is 11.0. The molecule has 2 N–H and O–H groups in total. The van der Waals surface area contributed by atoms with Gasteiger partial charge in [-0.2, -0.15) is 0 Å². The number of carbonyl (C=O) groups is 1. The first kappa shape index (κ1) is 28.4. The minimum absolute atomic E-state index is 0. The molecule has 0 aliphatic carbocycles. The van der Waals surface area contributed by atoms with Gasteiger partial charge in [0.05, 0.1) is 5.56 Å². The maximum Gasteiger partial charge on any atom is 0.150 e. The summed E-state index contributed by atoms with van der Waals surface area (Å²) in [6, 6.07) is 3.89. The van der Waals surface area contributed by atoms with Crippen molar-refractivity contribution in [3.8, 4) is 11.8 Å². The van der Waals surface area contributed by atoms with Crippen molar-refractivity contribution >= 4 is 6.29 Å². The van der Waals surface area contributed by atoms with Crippen molar-refractivity contribution in [1.29, 1.82) is 0 Å². The first-order valence-electron chi connectivity index (χ1n) is 9.97. The molecule has 1 aromatic carbocycles. The molecule has 0 aliphatic rings. The van der Waals surface area contributed by atoms with Crippen LogP contribution in [-0.4, -0.2) is 38.6 Å². The molecule has 0 aliphatic heterocycles. The molecule has 0 fully saturated rings. The summed E-state index contributed by atoms with van der Waals surface area (Å²) in [6.07, 6.45) is 3.48. The van der Waals surface area contributed by atoms with Crippen LogP contribution in [0, 0.1) is 17.7 Å². The predicted molar refractivity (Wildman–Crippen MR) is 118 cm³/mol. The first-order chi connectivity index (χ1) is 13.3. The Hall–Kier alpha value is -1.77. The van der Waals surface area contributed by atoms with Crippen molar-refractivity contribution in [3.63, 3.8) is 0 Å². The Balaban J connectivity index is -0.000000433. The predicted octanol–water partition coefficient (Wildman–Crippen LogP) is 5.38. The van der Waals surface area contributed by atoms with Crippen LogP contribution >= 0.6 is 0 Å². The Morgan fingerprint density at radius 2 is 1.89 bits per heavy atom. The number of benzene rings is 1. The number of aldehydes is 1. The molecule has 0 amide bonds. The summed E-state index contributed by atoms with van der Waals surface area (Å²) in [4.78, 5) is 10.4. The van der Waals surface area contributed by atoms with Crippen LogP contribution in [0.3, 0.4) is 0 Å². The van der Waals surface area contributed by atoms with Crippen LogP contribution in [0.5, 0.6) is 0 Å². The minimum atomic E-state index is -1.03. The molecule has 0 heterocycles. The highest BCUT2D eigenvalue weighted by Gasteiger charge is 2.12. The quantitative estimate of drug-likeness (QED) is 0.351. The van der Waals surface area contributed by atoms with Crippen molar-refractivity contribution in [1.82, 2.24) is 10.6 Å². The molecular weight excluding hydrogens is 358 g/mol. The molecule has 1 rings (SSSR count). The third kappa shape index (κ3) is 15.3. The fourth-order valence-corrected chi connectivity index (χ4v) is 1.99. The number of carbonyl (C=O) groups excluding carboxylic acids is 1. The van der Waals surface area contributed by atoms with E-state index in [0.717, 1.165) is 6.54 Å². The molecule has 0 saturated heterocycles. The van der Waals surface area contributed by atoms with E-state index in [1.165, 1.54) is 44.4 Å². The molecule has 28 heavy (non-hydrogen) atoms. The molecule has 3 nitrogen and oxygen atoms in total. The zero-order valence-corrected chi connectivity index (χ0v) is 18.6. The largest absolute Gasteiger partial charge is 0.320 e. The van der Waals surface area contributed by atoms with Crippen LogP contribution in [0.1, 0.15) is 77.7 Å². The number of alkyl halides is 1. The summed E-state index contributed by atoms with van der Waals surface area (Å²) < 4.78 is 25.5. The van der Waals surface area contributed by atoms with Gasteiger partial charge in [0.1, 0.15) is 18.3 Å². The minimum Gasteiger partial charge on any atom is -0.320 e. The lowest BCUT2D eigenvalue weighted by atomic mass is 9.98. The van der Waals surface area contributed by atoms with Crippen LogP contribution in [0.25, 0.3) is 0 Å². The lowest BCUT2D eigenvalue weighted by Crippen LogP contribution is -2.35. The first-order valence-corrected chi connectivity index (χ1v) is 9.97. The molecule has 0 saturated carbocycles. The summed E-state index contributed by atoms with van der Waals surface area (Å²) in [6.45, 7) is 11.0. The van der Waals surface area contributed by atoms with Crippen LogP contribution in [0.4, 0.5) is 8.78 Å². The number of hydrogen-bond acceptors (Lipinski definition) is 3. The second-order valence-electron chi connectivity index (χ2n) is 6.84. The number of hydrogen-bond donors (Lipinski definition) is 2. The van der Waals surface area contributed by atoms with Crippen molar-refractivity contribution < 1.29 is 15.0 Å². The van der Waals surface area contributed by atoms with E-state index in [0.29, 0.717) is 17.4 Å². The van der Waals surface area contributed by atoms with E-state index in [1.54, 1.807) is 0 Å². The van der Waals surface area contributed by atoms with Gasteiger partial charge in [-0.25, -0.2) is 8.78 Å². The smallest absolute Gasteiger partial charge is 0.150 e. The Morgan fingerprint density at radius 1 is 1.25 bits per heavy atom. The van der Waals surface area contributed by atoms with Gasteiger partial charge in [0, 0.05) is 18.9 Å². The monoisotopic (exact) mass is 398 g/mol. The summed E-state index contributed by atoms with van der Waals surface area (Å²) in [5, 5.41) is 6.45. The highest BCUT2D eigenvalue weighted by Crippen LogP contribution is 2.11. The van der Waals surface area contributed by atoms with Gasteiger partial charge < -0.3 is 10.6 Å². The van der Waals surface area contributed by atoms with E-state index in [2.05, 4.69) is 36.3 Å². The van der Waals surface area contributed by atoms with Gasteiger partial charge in [0.2, 0.25) is 0 Å². The molecule has 0 radical (unpaired) electrons. The van der Waals surface area contributed by atoms with Crippen molar-refractivity contribution in [2.75, 3.05) is 20.6 Å². The van der Waals surface area contributed by atoms with Gasteiger partial charge in [-0.3, -0.25) is 4.79 Å². The highest BCUT2D eigenvalue weighted by atomic mass is 19.1. The van der Waals surface area contributed by atoms with Gasteiger partial charge in [0.25, 0.3) is 0 Å². The van der Waals surface area contributed by atoms with E-state index >= 15 is 0 Å². The fraction of sp³-hybridized carbons (Fsp3) is 0.609. The SMILES string of the molecule is CC.CC(F)CC#Cc1cc(C=O)ccc1F.CNCCCCC(C)(C)NC.[HH]. The standard InChI is InChI=1S/C12H10F2O.C9H22N2.C2H6.H2/c1-9(13)3-2-4-11-7-10(8-15)5-6-12(11)14;1-9(2,11-4)7-5-6-8-10-3;1-2;/h5-9H,3H2,1H3;10-11H,5-8H2,1-4H3;1-2H3;1H. The Kier molecular flexibility index (Phi) is 17.6. The van der Waals surface area contributed by atoms with Crippen molar-refractivity contribution in [2.45, 2.75) is 72.0 Å². The lowest BCUT2D eigenvalue weighted by Gasteiger charge is -2.23. The molecule has 162 valence electrons. The van der Waals surface area contributed by atoms with E-state index in [9.17, 15) is 13.6 Å². The molecule has 5 heteroatoms. The van der Waals surface area contributed by atoms with Crippen molar-refractivity contribution in [2.24, 2.45) is 0 Å². The number of unbranched alkanes of at least 4 members (excludes halogenated alkanes) is 1. The van der Waals surface area contributed by atoms with Gasteiger partial charge in [0.15, 0.2) is 0 Å². The number of halogens is 2. The molecule has 1 atom stereocenters. The second kappa shape index (κ2) is 17.3. The average molecular weight is 399 g/mol. The van der Waals surface area contributed by atoms with Crippen LogP contribution < -0.4 is 10.6 Å². The maximum absolute atomic E-state index is 13.1. The number of rotatable bonds is 8. The molecule has 1 aromatic rings. The molecule has 1 unspecified atom stereocenters. The molecule has 0 aromatic heterocycles. The lowest BCUT2D eigenvalue weighted by molar-refractivity contribution is 0.112. The highest BCUT2D eigenvalue weighted by molar-refractivity contribution is 5.75. The van der Waals surface area contributed by atoms with Gasteiger partial charge in [-0.1, -0.05) is 32.1 Å². The van der Waals surface area contributed by atoms with Crippen LogP contribution in [-0.2, 0) is 0 Å². The summed E-state index contributed by atoms with van der Waals surface area (Å²) in [5.41, 5.74) is 0.794. The Morgan fingerprint density at radius 3 is 2.39 bits per heavy atom. The van der Waals surface area contributed by atoms with E-state index < -0.39 is 12.0 Å². The summed E-state index contributed by atoms with van der Waals surface area (Å²) >= 11 is 0. The molecular formula is C23H40F2N2O. The van der Waals surface area contributed by atoms with E-state index in [4.69, 9.17) is 0 Å². The second-order valence-corrected chi connectivity index (χ2v) is 6.84. The Labute approximate surface area is 172 Å². The zero-order chi connectivity index (χ0) is 22.0. The summed E-state index contributed by atoms with van der Waals surface area (Å²) in [5.74, 6) is 4.51. The Bertz CT molecular complexity index is 596. The maximum atomic E-state index is 13.1.